The number of carbonyl (C=O) groups excluding carboxylic acids is 1. The van der Waals surface area contributed by atoms with Crippen molar-refractivity contribution < 1.29 is 14.2 Å². The van der Waals surface area contributed by atoms with Crippen LogP contribution in [0.4, 0.5) is 0 Å². The molecule has 2 heterocycles. The molecule has 1 aliphatic rings. The van der Waals surface area contributed by atoms with E-state index in [4.69, 9.17) is 4.74 Å². The SMILES string of the molecule is Cc1nonc1CNC(=O)CN1Cc2ccccc2OC(C)C1. The summed E-state index contributed by atoms with van der Waals surface area (Å²) in [5.74, 6) is 0.839. The molecule has 3 rings (SSSR count). The predicted molar refractivity (Wildman–Crippen MR) is 82.7 cm³/mol. The maximum Gasteiger partial charge on any atom is 0.234 e. The topological polar surface area (TPSA) is 80.5 Å². The molecular formula is C16H20N4O3. The van der Waals surface area contributed by atoms with E-state index in [2.05, 4.69) is 25.2 Å². The van der Waals surface area contributed by atoms with Crippen molar-refractivity contribution in [1.82, 2.24) is 20.5 Å². The second kappa shape index (κ2) is 6.78. The fourth-order valence-corrected chi connectivity index (χ4v) is 2.64. The van der Waals surface area contributed by atoms with Gasteiger partial charge in [0.25, 0.3) is 0 Å². The molecule has 0 fully saturated rings. The predicted octanol–water partition coefficient (Wildman–Crippen LogP) is 1.28. The Morgan fingerprint density at radius 1 is 1.39 bits per heavy atom. The zero-order chi connectivity index (χ0) is 16.2. The molecule has 0 aliphatic carbocycles. The van der Waals surface area contributed by atoms with E-state index in [1.54, 1.807) is 6.92 Å². The van der Waals surface area contributed by atoms with Gasteiger partial charge in [-0.3, -0.25) is 9.69 Å². The Hall–Kier alpha value is -2.41. The fourth-order valence-electron chi connectivity index (χ4n) is 2.64. The number of fused-ring (bicyclic) bond motifs is 1. The maximum atomic E-state index is 12.2. The molecule has 1 atom stereocenters. The number of aromatic nitrogens is 2. The first-order chi connectivity index (χ1) is 11.1. The summed E-state index contributed by atoms with van der Waals surface area (Å²) in [5, 5.41) is 10.3. The Labute approximate surface area is 134 Å². The highest BCUT2D eigenvalue weighted by Crippen LogP contribution is 2.24. The van der Waals surface area contributed by atoms with Gasteiger partial charge in [0, 0.05) is 18.7 Å². The van der Waals surface area contributed by atoms with Crippen LogP contribution in [0.15, 0.2) is 28.9 Å². The van der Waals surface area contributed by atoms with Gasteiger partial charge in [-0.15, -0.1) is 0 Å². The van der Waals surface area contributed by atoms with E-state index in [1.807, 2.05) is 31.2 Å². The van der Waals surface area contributed by atoms with E-state index in [0.29, 0.717) is 37.6 Å². The fraction of sp³-hybridized carbons (Fsp3) is 0.438. The van der Waals surface area contributed by atoms with E-state index in [-0.39, 0.29) is 12.0 Å². The van der Waals surface area contributed by atoms with E-state index >= 15 is 0 Å². The third-order valence-corrected chi connectivity index (χ3v) is 3.78. The molecule has 0 radical (unpaired) electrons. The average molecular weight is 316 g/mol. The number of hydrogen-bond donors (Lipinski definition) is 1. The van der Waals surface area contributed by atoms with Crippen molar-refractivity contribution in [2.75, 3.05) is 13.1 Å². The number of aryl methyl sites for hydroxylation is 1. The van der Waals surface area contributed by atoms with Gasteiger partial charge in [0.05, 0.1) is 13.1 Å². The Morgan fingerprint density at radius 3 is 3.00 bits per heavy atom. The lowest BCUT2D eigenvalue weighted by atomic mass is 10.2. The molecule has 1 aromatic carbocycles. The van der Waals surface area contributed by atoms with Crippen LogP contribution in [0.25, 0.3) is 0 Å². The van der Waals surface area contributed by atoms with E-state index < -0.39 is 0 Å². The smallest absolute Gasteiger partial charge is 0.234 e. The van der Waals surface area contributed by atoms with Crippen LogP contribution in [0.2, 0.25) is 0 Å². The standard InChI is InChI=1S/C16H20N4O3/c1-11-8-20(9-13-5-3-4-6-15(13)22-11)10-16(21)17-7-14-12(2)18-23-19-14/h3-6,11H,7-10H2,1-2H3,(H,17,21). The van der Waals surface area contributed by atoms with Crippen molar-refractivity contribution in [3.8, 4) is 5.75 Å². The lowest BCUT2D eigenvalue weighted by Gasteiger charge is -2.21. The molecule has 0 saturated carbocycles. The molecule has 1 aliphatic heterocycles. The molecule has 1 amide bonds. The summed E-state index contributed by atoms with van der Waals surface area (Å²) in [4.78, 5) is 14.3. The van der Waals surface area contributed by atoms with Crippen molar-refractivity contribution in [1.29, 1.82) is 0 Å². The highest BCUT2D eigenvalue weighted by molar-refractivity contribution is 5.78. The summed E-state index contributed by atoms with van der Waals surface area (Å²) in [5.41, 5.74) is 2.44. The number of amides is 1. The first-order valence-electron chi connectivity index (χ1n) is 7.63. The third kappa shape index (κ3) is 3.87. The van der Waals surface area contributed by atoms with Gasteiger partial charge < -0.3 is 10.1 Å². The van der Waals surface area contributed by atoms with Gasteiger partial charge >= 0.3 is 0 Å². The van der Waals surface area contributed by atoms with E-state index in [9.17, 15) is 4.79 Å². The number of hydrogen-bond acceptors (Lipinski definition) is 6. The minimum absolute atomic E-state index is 0.0356. The number of nitrogens with zero attached hydrogens (tertiary/aromatic N) is 3. The molecule has 0 spiro atoms. The molecule has 2 aromatic rings. The second-order valence-electron chi connectivity index (χ2n) is 5.78. The molecule has 7 nitrogen and oxygen atoms in total. The Kier molecular flexibility index (Phi) is 4.57. The van der Waals surface area contributed by atoms with Crippen LogP contribution >= 0.6 is 0 Å². The minimum atomic E-state index is -0.0565. The quantitative estimate of drug-likeness (QED) is 0.915. The van der Waals surface area contributed by atoms with Crippen LogP contribution < -0.4 is 10.1 Å². The number of nitrogens with one attached hydrogen (secondary N) is 1. The first-order valence-corrected chi connectivity index (χ1v) is 7.63. The first kappa shape index (κ1) is 15.5. The number of carbonyl (C=O) groups is 1. The Morgan fingerprint density at radius 2 is 2.22 bits per heavy atom. The van der Waals surface area contributed by atoms with Gasteiger partial charge in [0.15, 0.2) is 0 Å². The summed E-state index contributed by atoms with van der Waals surface area (Å²) in [7, 11) is 0. The molecule has 0 saturated heterocycles. The highest BCUT2D eigenvalue weighted by Gasteiger charge is 2.21. The maximum absolute atomic E-state index is 12.2. The molecular weight excluding hydrogens is 296 g/mol. The van der Waals surface area contributed by atoms with Crippen LogP contribution in [0.5, 0.6) is 5.75 Å². The van der Waals surface area contributed by atoms with Crippen LogP contribution in [0, 0.1) is 6.92 Å². The van der Waals surface area contributed by atoms with E-state index in [0.717, 1.165) is 11.3 Å². The summed E-state index contributed by atoms with van der Waals surface area (Å²) in [6.07, 6.45) is 0.0356. The van der Waals surface area contributed by atoms with Gasteiger partial charge in [-0.2, -0.15) is 0 Å². The summed E-state index contributed by atoms with van der Waals surface area (Å²) < 4.78 is 10.5. The zero-order valence-corrected chi connectivity index (χ0v) is 13.3. The number of para-hydroxylation sites is 1. The van der Waals surface area contributed by atoms with Gasteiger partial charge in [-0.1, -0.05) is 28.5 Å². The summed E-state index contributed by atoms with van der Waals surface area (Å²) in [6, 6.07) is 7.94. The lowest BCUT2D eigenvalue weighted by molar-refractivity contribution is -0.122. The lowest BCUT2D eigenvalue weighted by Crippen LogP contribution is -2.39. The second-order valence-corrected chi connectivity index (χ2v) is 5.78. The highest BCUT2D eigenvalue weighted by atomic mass is 16.6. The molecule has 0 bridgehead atoms. The van der Waals surface area contributed by atoms with Crippen LogP contribution in [0.1, 0.15) is 23.9 Å². The summed E-state index contributed by atoms with van der Waals surface area (Å²) >= 11 is 0. The third-order valence-electron chi connectivity index (χ3n) is 3.78. The van der Waals surface area contributed by atoms with Crippen molar-refractivity contribution in [3.63, 3.8) is 0 Å². The minimum Gasteiger partial charge on any atom is -0.489 e. The van der Waals surface area contributed by atoms with Gasteiger partial charge in [-0.05, 0) is 19.9 Å². The molecule has 1 N–H and O–H groups in total. The van der Waals surface area contributed by atoms with Crippen LogP contribution in [-0.4, -0.2) is 40.3 Å². The van der Waals surface area contributed by atoms with Crippen molar-refractivity contribution in [2.45, 2.75) is 33.0 Å². The van der Waals surface area contributed by atoms with Crippen molar-refractivity contribution in [3.05, 3.63) is 41.2 Å². The normalized spacial score (nSPS) is 17.9. The Balaban J connectivity index is 1.59. The number of rotatable bonds is 4. The molecule has 23 heavy (non-hydrogen) atoms. The van der Waals surface area contributed by atoms with Gasteiger partial charge in [0.1, 0.15) is 23.2 Å². The molecule has 122 valence electrons. The largest absolute Gasteiger partial charge is 0.489 e. The van der Waals surface area contributed by atoms with Crippen LogP contribution in [0.3, 0.4) is 0 Å². The van der Waals surface area contributed by atoms with Gasteiger partial charge in [-0.25, -0.2) is 4.63 Å². The van der Waals surface area contributed by atoms with Crippen molar-refractivity contribution >= 4 is 5.91 Å². The monoisotopic (exact) mass is 316 g/mol. The number of benzene rings is 1. The van der Waals surface area contributed by atoms with Gasteiger partial charge in [0.2, 0.25) is 5.91 Å². The summed E-state index contributed by atoms with van der Waals surface area (Å²) in [6.45, 7) is 5.84. The Bertz CT molecular complexity index is 685. The molecule has 7 heteroatoms. The molecule has 1 unspecified atom stereocenters. The van der Waals surface area contributed by atoms with Crippen molar-refractivity contribution in [2.24, 2.45) is 0 Å². The van der Waals surface area contributed by atoms with E-state index in [1.165, 1.54) is 0 Å². The average Bonchev–Trinajstić information content (AvgIpc) is 2.84. The zero-order valence-electron chi connectivity index (χ0n) is 13.3. The van der Waals surface area contributed by atoms with Crippen LogP contribution in [-0.2, 0) is 17.9 Å². The number of ether oxygens (including phenoxy) is 1. The molecule has 1 aromatic heterocycles.